The zero-order valence-electron chi connectivity index (χ0n) is 13.7. The first-order valence-corrected chi connectivity index (χ1v) is 7.54. The summed E-state index contributed by atoms with van der Waals surface area (Å²) in [5.41, 5.74) is 0.966. The number of nitrogens with zero attached hydrogens (tertiary/aromatic N) is 2. The van der Waals surface area contributed by atoms with Crippen LogP contribution in [0.2, 0.25) is 0 Å². The minimum Gasteiger partial charge on any atom is -0.508 e. The molecule has 1 unspecified atom stereocenters. The van der Waals surface area contributed by atoms with Gasteiger partial charge in [-0.15, -0.1) is 10.2 Å². The van der Waals surface area contributed by atoms with Crippen molar-refractivity contribution < 1.29 is 23.8 Å². The van der Waals surface area contributed by atoms with E-state index >= 15 is 0 Å². The first-order valence-electron chi connectivity index (χ1n) is 7.54. The van der Waals surface area contributed by atoms with E-state index in [1.54, 1.807) is 50.4 Å². The molecule has 7 heteroatoms. The van der Waals surface area contributed by atoms with Gasteiger partial charge in [-0.1, -0.05) is 6.07 Å². The number of rotatable bonds is 5. The van der Waals surface area contributed by atoms with Gasteiger partial charge in [-0.05, 0) is 49.4 Å². The molecule has 1 heterocycles. The maximum atomic E-state index is 12.1. The number of hydrogen-bond acceptors (Lipinski definition) is 7. The zero-order chi connectivity index (χ0) is 17.8. The number of hydrogen-bond donors (Lipinski definition) is 1. The Morgan fingerprint density at radius 3 is 2.60 bits per heavy atom. The van der Waals surface area contributed by atoms with Gasteiger partial charge in [0.25, 0.3) is 5.89 Å². The molecule has 0 saturated carbocycles. The Kier molecular flexibility index (Phi) is 4.65. The van der Waals surface area contributed by atoms with E-state index in [1.165, 1.54) is 12.1 Å². The highest BCUT2D eigenvalue weighted by Gasteiger charge is 2.20. The summed E-state index contributed by atoms with van der Waals surface area (Å²) >= 11 is 0. The fourth-order valence-electron chi connectivity index (χ4n) is 2.16. The molecule has 1 aromatic heterocycles. The lowest BCUT2D eigenvalue weighted by atomic mass is 10.2. The molecule has 0 amide bonds. The summed E-state index contributed by atoms with van der Waals surface area (Å²) in [4.78, 5) is 12.1. The summed E-state index contributed by atoms with van der Waals surface area (Å²) in [7, 11) is 1.59. The van der Waals surface area contributed by atoms with Crippen LogP contribution in [0.3, 0.4) is 0 Å². The number of esters is 1. The number of aromatic hydroxyl groups is 1. The fraction of sp³-hybridized carbons (Fsp3) is 0.167. The Bertz CT molecular complexity index is 873. The lowest BCUT2D eigenvalue weighted by Gasteiger charge is -2.09. The highest BCUT2D eigenvalue weighted by Crippen LogP contribution is 2.25. The predicted octanol–water partition coefficient (Wildman–Crippen LogP) is 3.37. The highest BCUT2D eigenvalue weighted by molar-refractivity contribution is 5.89. The van der Waals surface area contributed by atoms with Gasteiger partial charge in [-0.2, -0.15) is 0 Å². The van der Waals surface area contributed by atoms with Crippen LogP contribution >= 0.6 is 0 Å². The van der Waals surface area contributed by atoms with Crippen LogP contribution in [0.4, 0.5) is 0 Å². The number of phenolic OH excluding ortho intramolecular Hbond substituents is 1. The van der Waals surface area contributed by atoms with Crippen molar-refractivity contribution >= 4 is 5.97 Å². The average molecular weight is 340 g/mol. The van der Waals surface area contributed by atoms with E-state index in [2.05, 4.69) is 10.2 Å². The molecule has 0 spiro atoms. The van der Waals surface area contributed by atoms with E-state index in [1.807, 2.05) is 0 Å². The largest absolute Gasteiger partial charge is 0.508 e. The van der Waals surface area contributed by atoms with Crippen LogP contribution in [0.5, 0.6) is 11.5 Å². The van der Waals surface area contributed by atoms with E-state index < -0.39 is 12.1 Å². The van der Waals surface area contributed by atoms with Gasteiger partial charge in [0.15, 0.2) is 6.10 Å². The van der Waals surface area contributed by atoms with Crippen LogP contribution < -0.4 is 4.74 Å². The summed E-state index contributed by atoms with van der Waals surface area (Å²) in [5.74, 6) is 0.614. The lowest BCUT2D eigenvalue weighted by Crippen LogP contribution is -2.09. The number of carbonyl (C=O) groups excluding carboxylic acids is 1. The van der Waals surface area contributed by atoms with Gasteiger partial charge >= 0.3 is 5.97 Å². The Morgan fingerprint density at radius 1 is 1.16 bits per heavy atom. The van der Waals surface area contributed by atoms with E-state index in [4.69, 9.17) is 13.9 Å². The van der Waals surface area contributed by atoms with Gasteiger partial charge in [0.2, 0.25) is 5.89 Å². The number of aromatic nitrogens is 2. The van der Waals surface area contributed by atoms with Gasteiger partial charge in [0.05, 0.1) is 12.7 Å². The van der Waals surface area contributed by atoms with E-state index in [-0.39, 0.29) is 17.2 Å². The van der Waals surface area contributed by atoms with Gasteiger partial charge in [0, 0.05) is 5.56 Å². The van der Waals surface area contributed by atoms with Crippen LogP contribution in [0.15, 0.2) is 52.9 Å². The molecule has 1 atom stereocenters. The molecule has 0 bridgehead atoms. The second-order valence-electron chi connectivity index (χ2n) is 5.27. The van der Waals surface area contributed by atoms with Crippen molar-refractivity contribution in [3.8, 4) is 23.0 Å². The summed E-state index contributed by atoms with van der Waals surface area (Å²) in [6, 6.07) is 13.1. The molecule has 0 aliphatic rings. The second-order valence-corrected chi connectivity index (χ2v) is 5.27. The molecular weight excluding hydrogens is 324 g/mol. The Hall–Kier alpha value is -3.35. The third kappa shape index (κ3) is 3.77. The number of benzene rings is 2. The van der Waals surface area contributed by atoms with Gasteiger partial charge in [0.1, 0.15) is 11.5 Å². The molecule has 0 aliphatic heterocycles. The first-order chi connectivity index (χ1) is 12.1. The molecule has 25 heavy (non-hydrogen) atoms. The molecule has 0 aliphatic carbocycles. The first kappa shape index (κ1) is 16.5. The lowest BCUT2D eigenvalue weighted by molar-refractivity contribution is 0.0279. The smallest absolute Gasteiger partial charge is 0.339 e. The molecule has 7 nitrogen and oxygen atoms in total. The van der Waals surface area contributed by atoms with Crippen molar-refractivity contribution in [1.82, 2.24) is 10.2 Å². The number of carbonyl (C=O) groups is 1. The molecule has 0 saturated heterocycles. The van der Waals surface area contributed by atoms with Gasteiger partial charge in [-0.3, -0.25) is 0 Å². The fourth-order valence-corrected chi connectivity index (χ4v) is 2.16. The van der Waals surface area contributed by atoms with Crippen molar-refractivity contribution in [3.05, 3.63) is 60.0 Å². The maximum absolute atomic E-state index is 12.1. The average Bonchev–Trinajstić information content (AvgIpc) is 3.12. The van der Waals surface area contributed by atoms with Crippen molar-refractivity contribution in [2.75, 3.05) is 7.11 Å². The van der Waals surface area contributed by atoms with E-state index in [0.717, 1.165) is 11.3 Å². The van der Waals surface area contributed by atoms with Crippen LogP contribution in [0.1, 0.15) is 29.3 Å². The highest BCUT2D eigenvalue weighted by atomic mass is 16.6. The number of ether oxygens (including phenoxy) is 2. The van der Waals surface area contributed by atoms with Crippen molar-refractivity contribution in [2.24, 2.45) is 0 Å². The van der Waals surface area contributed by atoms with Crippen LogP contribution in [0.25, 0.3) is 11.5 Å². The third-order valence-electron chi connectivity index (χ3n) is 3.49. The molecule has 0 fully saturated rings. The third-order valence-corrected chi connectivity index (χ3v) is 3.49. The van der Waals surface area contributed by atoms with E-state index in [9.17, 15) is 9.90 Å². The SMILES string of the molecule is COc1ccc(-c2nnc(C(C)OC(=O)c3cccc(O)c3)o2)cc1. The zero-order valence-corrected chi connectivity index (χ0v) is 13.7. The van der Waals surface area contributed by atoms with Crippen LogP contribution in [-0.4, -0.2) is 28.4 Å². The van der Waals surface area contributed by atoms with E-state index in [0.29, 0.717) is 5.89 Å². The Labute approximate surface area is 143 Å². The minimum atomic E-state index is -0.727. The van der Waals surface area contributed by atoms with Crippen molar-refractivity contribution in [2.45, 2.75) is 13.0 Å². The second kappa shape index (κ2) is 7.04. The summed E-state index contributed by atoms with van der Waals surface area (Å²) in [6.07, 6.45) is -0.727. The topological polar surface area (TPSA) is 94.7 Å². The Balaban J connectivity index is 1.71. The summed E-state index contributed by atoms with van der Waals surface area (Å²) in [5, 5.41) is 17.3. The number of methoxy groups -OCH3 is 1. The van der Waals surface area contributed by atoms with Crippen molar-refractivity contribution in [1.29, 1.82) is 0 Å². The molecule has 3 aromatic rings. The maximum Gasteiger partial charge on any atom is 0.339 e. The molecule has 1 N–H and O–H groups in total. The molecular formula is C18H16N2O5. The summed E-state index contributed by atoms with van der Waals surface area (Å²) in [6.45, 7) is 1.63. The van der Waals surface area contributed by atoms with Crippen LogP contribution in [0, 0.1) is 0 Å². The normalized spacial score (nSPS) is 11.8. The molecule has 3 rings (SSSR count). The van der Waals surface area contributed by atoms with Gasteiger partial charge < -0.3 is 19.0 Å². The molecule has 128 valence electrons. The standard InChI is InChI=1S/C18H16N2O5/c1-11(24-18(22)13-4-3-5-14(21)10-13)16-19-20-17(25-16)12-6-8-15(23-2)9-7-12/h3-11,21H,1-2H3. The summed E-state index contributed by atoms with van der Waals surface area (Å²) < 4.78 is 16.0. The molecule has 0 radical (unpaired) electrons. The quantitative estimate of drug-likeness (QED) is 0.711. The van der Waals surface area contributed by atoms with Gasteiger partial charge in [-0.25, -0.2) is 4.79 Å². The predicted molar refractivity (Wildman–Crippen MR) is 88.2 cm³/mol. The van der Waals surface area contributed by atoms with Crippen LogP contribution in [-0.2, 0) is 4.74 Å². The number of phenols is 1. The minimum absolute atomic E-state index is 0.0123. The molecule has 2 aromatic carbocycles. The van der Waals surface area contributed by atoms with Crippen molar-refractivity contribution in [3.63, 3.8) is 0 Å². The monoisotopic (exact) mass is 340 g/mol. The Morgan fingerprint density at radius 2 is 1.92 bits per heavy atom.